The molecule has 0 bridgehead atoms. The molecule has 2 saturated heterocycles. The third-order valence-corrected chi connectivity index (χ3v) is 4.97. The first-order valence-corrected chi connectivity index (χ1v) is 7.60. The second-order valence-electron chi connectivity index (χ2n) is 5.03. The first-order chi connectivity index (χ1) is 7.93. The van der Waals surface area contributed by atoms with Crippen molar-refractivity contribution in [2.75, 3.05) is 25.4 Å². The molecule has 0 radical (unpaired) electrons. The highest BCUT2D eigenvalue weighted by molar-refractivity contribution is 8.13. The van der Waals surface area contributed by atoms with Gasteiger partial charge in [0.25, 0.3) is 0 Å². The van der Waals surface area contributed by atoms with E-state index in [1.807, 2.05) is 11.8 Å². The van der Waals surface area contributed by atoms with Crippen LogP contribution in [0.5, 0.6) is 0 Å². The summed E-state index contributed by atoms with van der Waals surface area (Å²) in [5, 5.41) is 4.90. The van der Waals surface area contributed by atoms with Gasteiger partial charge in [0.1, 0.15) is 0 Å². The lowest BCUT2D eigenvalue weighted by Crippen LogP contribution is -2.46. The molecule has 0 aromatic carbocycles. The number of aliphatic imine (C=N–C) groups is 1. The van der Waals surface area contributed by atoms with Crippen LogP contribution in [0, 0.1) is 0 Å². The van der Waals surface area contributed by atoms with Crippen LogP contribution in [0.3, 0.4) is 0 Å². The van der Waals surface area contributed by atoms with Crippen LogP contribution in [-0.4, -0.2) is 47.5 Å². The zero-order valence-corrected chi connectivity index (χ0v) is 10.6. The van der Waals surface area contributed by atoms with Gasteiger partial charge in [-0.05, 0) is 32.2 Å². The highest BCUT2D eigenvalue weighted by Crippen LogP contribution is 2.27. The largest absolute Gasteiger partial charge is 0.361 e. The Morgan fingerprint density at radius 3 is 3.06 bits per heavy atom. The second kappa shape index (κ2) is 4.96. The van der Waals surface area contributed by atoms with E-state index in [0.717, 1.165) is 12.6 Å². The molecule has 0 aromatic rings. The topological polar surface area (TPSA) is 27.6 Å². The van der Waals surface area contributed by atoms with Crippen LogP contribution < -0.4 is 5.32 Å². The summed E-state index contributed by atoms with van der Waals surface area (Å²) in [6.07, 6.45) is 6.76. The predicted octanol–water partition coefficient (Wildman–Crippen LogP) is 1.70. The Hall–Kier alpha value is -0.220. The molecular weight excluding hydrogens is 218 g/mol. The molecule has 1 N–H and O–H groups in total. The van der Waals surface area contributed by atoms with Gasteiger partial charge in [-0.2, -0.15) is 0 Å². The third-order valence-electron chi connectivity index (χ3n) is 3.96. The minimum Gasteiger partial charge on any atom is -0.361 e. The van der Waals surface area contributed by atoms with Crippen molar-refractivity contribution in [3.8, 4) is 0 Å². The van der Waals surface area contributed by atoms with Crippen LogP contribution >= 0.6 is 11.8 Å². The Morgan fingerprint density at radius 1 is 1.19 bits per heavy atom. The van der Waals surface area contributed by atoms with Crippen LogP contribution in [0.4, 0.5) is 0 Å². The van der Waals surface area contributed by atoms with Crippen molar-refractivity contribution < 1.29 is 0 Å². The van der Waals surface area contributed by atoms with E-state index in [4.69, 9.17) is 0 Å². The average Bonchev–Trinajstić information content (AvgIpc) is 2.74. The van der Waals surface area contributed by atoms with Crippen LogP contribution in [0.25, 0.3) is 0 Å². The van der Waals surface area contributed by atoms with Crippen LogP contribution in [-0.2, 0) is 0 Å². The number of nitrogens with zero attached hydrogens (tertiary/aromatic N) is 2. The zero-order chi connectivity index (χ0) is 10.8. The third kappa shape index (κ3) is 2.23. The number of hydrogen-bond acceptors (Lipinski definition) is 4. The molecule has 0 spiro atoms. The maximum atomic E-state index is 4.58. The molecule has 2 fully saturated rings. The van der Waals surface area contributed by atoms with E-state index in [2.05, 4.69) is 15.2 Å². The maximum Gasteiger partial charge on any atom is 0.156 e. The smallest absolute Gasteiger partial charge is 0.156 e. The minimum absolute atomic E-state index is 0.671. The van der Waals surface area contributed by atoms with Gasteiger partial charge in [0, 0.05) is 30.9 Å². The van der Waals surface area contributed by atoms with Crippen LogP contribution in [0.2, 0.25) is 0 Å². The van der Waals surface area contributed by atoms with Gasteiger partial charge in [0.2, 0.25) is 0 Å². The second-order valence-corrected chi connectivity index (χ2v) is 6.11. The van der Waals surface area contributed by atoms with Crippen molar-refractivity contribution in [2.45, 2.75) is 44.2 Å². The highest BCUT2D eigenvalue weighted by Gasteiger charge is 2.35. The number of rotatable bonds is 1. The fourth-order valence-electron chi connectivity index (χ4n) is 3.12. The Bertz CT molecular complexity index is 279. The minimum atomic E-state index is 0.671. The summed E-state index contributed by atoms with van der Waals surface area (Å²) in [5.41, 5.74) is 0. The SMILES string of the molecule is C1CN=C(NC2CCN3CCCCC23)SC1. The summed E-state index contributed by atoms with van der Waals surface area (Å²) < 4.78 is 0. The Morgan fingerprint density at radius 2 is 2.19 bits per heavy atom. The van der Waals surface area contributed by atoms with Crippen LogP contribution in [0.1, 0.15) is 32.1 Å². The first kappa shape index (κ1) is 10.9. The number of thioether (sulfide) groups is 1. The molecule has 4 heteroatoms. The highest BCUT2D eigenvalue weighted by atomic mass is 32.2. The normalized spacial score (nSPS) is 35.6. The van der Waals surface area contributed by atoms with Gasteiger partial charge in [-0.3, -0.25) is 9.89 Å². The number of nitrogens with one attached hydrogen (secondary N) is 1. The molecule has 3 rings (SSSR count). The van der Waals surface area contributed by atoms with Crippen molar-refractivity contribution in [2.24, 2.45) is 4.99 Å². The molecule has 3 aliphatic heterocycles. The van der Waals surface area contributed by atoms with Crippen molar-refractivity contribution in [1.82, 2.24) is 10.2 Å². The van der Waals surface area contributed by atoms with Gasteiger partial charge >= 0.3 is 0 Å². The summed E-state index contributed by atoms with van der Waals surface area (Å²) in [6, 6.07) is 1.46. The number of piperidine rings is 1. The Kier molecular flexibility index (Phi) is 3.38. The standard InChI is InChI=1S/C12H21N3S/c1-2-7-15-8-5-10(11(15)4-1)14-12-13-6-3-9-16-12/h10-11H,1-9H2,(H,13,14). The molecule has 0 saturated carbocycles. The van der Waals surface area contributed by atoms with E-state index in [-0.39, 0.29) is 0 Å². The van der Waals surface area contributed by atoms with E-state index in [9.17, 15) is 0 Å². The van der Waals surface area contributed by atoms with E-state index in [0.29, 0.717) is 6.04 Å². The molecule has 90 valence electrons. The Labute approximate surface area is 102 Å². The van der Waals surface area contributed by atoms with Crippen LogP contribution in [0.15, 0.2) is 4.99 Å². The van der Waals surface area contributed by atoms with E-state index >= 15 is 0 Å². The summed E-state index contributed by atoms with van der Waals surface area (Å²) in [4.78, 5) is 7.26. The van der Waals surface area contributed by atoms with E-state index in [1.54, 1.807) is 0 Å². The lowest BCUT2D eigenvalue weighted by Gasteiger charge is -2.33. The summed E-state index contributed by atoms with van der Waals surface area (Å²) >= 11 is 1.91. The molecule has 2 atom stereocenters. The van der Waals surface area contributed by atoms with Crippen molar-refractivity contribution in [1.29, 1.82) is 0 Å². The van der Waals surface area contributed by atoms with Crippen molar-refractivity contribution in [3.63, 3.8) is 0 Å². The molecule has 3 aliphatic rings. The Balaban J connectivity index is 1.60. The molecular formula is C12H21N3S. The van der Waals surface area contributed by atoms with Crippen molar-refractivity contribution in [3.05, 3.63) is 0 Å². The molecule has 16 heavy (non-hydrogen) atoms. The summed E-state index contributed by atoms with van der Waals surface area (Å²) in [6.45, 7) is 3.64. The molecule has 0 aromatic heterocycles. The first-order valence-electron chi connectivity index (χ1n) is 6.61. The van der Waals surface area contributed by atoms with Gasteiger partial charge in [-0.15, -0.1) is 0 Å². The number of amidine groups is 1. The molecule has 0 amide bonds. The maximum absolute atomic E-state index is 4.58. The van der Waals surface area contributed by atoms with E-state index < -0.39 is 0 Å². The van der Waals surface area contributed by atoms with Gasteiger partial charge in [0.05, 0.1) is 0 Å². The monoisotopic (exact) mass is 239 g/mol. The lowest BCUT2D eigenvalue weighted by atomic mass is 9.99. The molecule has 3 nitrogen and oxygen atoms in total. The zero-order valence-electron chi connectivity index (χ0n) is 9.82. The average molecular weight is 239 g/mol. The molecule has 0 aliphatic carbocycles. The number of fused-ring (bicyclic) bond motifs is 1. The number of hydrogen-bond donors (Lipinski definition) is 1. The van der Waals surface area contributed by atoms with Gasteiger partial charge in [0.15, 0.2) is 5.17 Å². The van der Waals surface area contributed by atoms with Gasteiger partial charge in [-0.25, -0.2) is 0 Å². The summed E-state index contributed by atoms with van der Waals surface area (Å²) in [5.74, 6) is 1.24. The van der Waals surface area contributed by atoms with Crippen molar-refractivity contribution >= 4 is 16.9 Å². The summed E-state index contributed by atoms with van der Waals surface area (Å²) in [7, 11) is 0. The fraction of sp³-hybridized carbons (Fsp3) is 0.917. The predicted molar refractivity (Wildman–Crippen MR) is 70.1 cm³/mol. The molecule has 3 heterocycles. The quantitative estimate of drug-likeness (QED) is 0.755. The van der Waals surface area contributed by atoms with E-state index in [1.165, 1.54) is 56.1 Å². The fourth-order valence-corrected chi connectivity index (χ4v) is 4.01. The molecule has 2 unspecified atom stereocenters. The van der Waals surface area contributed by atoms with Gasteiger partial charge in [-0.1, -0.05) is 18.2 Å². The van der Waals surface area contributed by atoms with Gasteiger partial charge < -0.3 is 5.32 Å². The lowest BCUT2D eigenvalue weighted by molar-refractivity contribution is 0.185.